The number of carbonyl (C=O) groups is 2. The molecule has 4 aromatic rings. The molecule has 0 radical (unpaired) electrons. The summed E-state index contributed by atoms with van der Waals surface area (Å²) in [5.74, 6) is -1.44. The van der Waals surface area contributed by atoms with E-state index in [2.05, 4.69) is 20.4 Å². The first-order valence-corrected chi connectivity index (χ1v) is 9.48. The smallest absolute Gasteiger partial charge is 0.335 e. The first-order chi connectivity index (χ1) is 14.0. The number of nitrogens with one attached hydrogen (secondary N) is 1. The summed E-state index contributed by atoms with van der Waals surface area (Å²) in [5, 5.41) is 18.6. The zero-order valence-electron chi connectivity index (χ0n) is 15.2. The Morgan fingerprint density at radius 2 is 1.97 bits per heavy atom. The van der Waals surface area contributed by atoms with E-state index in [9.17, 15) is 14.7 Å². The van der Waals surface area contributed by atoms with Gasteiger partial charge in [-0.05, 0) is 43.3 Å². The van der Waals surface area contributed by atoms with Crippen LogP contribution in [0, 0.1) is 6.92 Å². The Balaban J connectivity index is 1.61. The van der Waals surface area contributed by atoms with Crippen molar-refractivity contribution in [2.45, 2.75) is 6.92 Å². The van der Waals surface area contributed by atoms with Crippen LogP contribution in [-0.2, 0) is 0 Å². The largest absolute Gasteiger partial charge is 0.478 e. The second kappa shape index (κ2) is 7.64. The molecule has 0 aliphatic heterocycles. The Morgan fingerprint density at radius 3 is 2.72 bits per heavy atom. The summed E-state index contributed by atoms with van der Waals surface area (Å²) in [4.78, 5) is 32.8. The third-order valence-electron chi connectivity index (χ3n) is 4.05. The number of aromatic carboxylic acids is 1. The number of hydrogen-bond acceptors (Lipinski definition) is 6. The highest BCUT2D eigenvalue weighted by atomic mass is 32.1. The van der Waals surface area contributed by atoms with Crippen LogP contribution in [0.15, 0.2) is 60.1 Å². The maximum Gasteiger partial charge on any atom is 0.335 e. The van der Waals surface area contributed by atoms with E-state index in [1.54, 1.807) is 31.3 Å². The standard InChI is InChI=1S/C20H15N5O3S/c1-12-9-17(25(24-12)14-6-4-5-13(10-14)19(27)28)18(26)23-20-22-16(11-29-20)15-7-2-3-8-21-15/h2-11H,1H3,(H,27,28)(H,22,23,26). The zero-order valence-corrected chi connectivity index (χ0v) is 16.1. The number of pyridine rings is 1. The summed E-state index contributed by atoms with van der Waals surface area (Å²) >= 11 is 1.29. The van der Waals surface area contributed by atoms with Gasteiger partial charge in [0.2, 0.25) is 0 Å². The molecule has 4 rings (SSSR count). The number of carboxylic acids is 1. The molecule has 0 aliphatic carbocycles. The van der Waals surface area contributed by atoms with Crippen molar-refractivity contribution >= 4 is 28.3 Å². The molecule has 0 saturated heterocycles. The number of rotatable bonds is 5. The minimum atomic E-state index is -1.05. The van der Waals surface area contributed by atoms with Gasteiger partial charge in [0.05, 0.1) is 22.6 Å². The molecule has 8 nitrogen and oxygen atoms in total. The maximum absolute atomic E-state index is 12.8. The van der Waals surface area contributed by atoms with Crippen molar-refractivity contribution in [2.24, 2.45) is 0 Å². The molecule has 0 spiro atoms. The average Bonchev–Trinajstić information content (AvgIpc) is 3.35. The topological polar surface area (TPSA) is 110 Å². The van der Waals surface area contributed by atoms with E-state index < -0.39 is 11.9 Å². The molecular formula is C20H15N5O3S. The molecule has 0 atom stereocenters. The van der Waals surface area contributed by atoms with Crippen LogP contribution in [0.3, 0.4) is 0 Å². The van der Waals surface area contributed by atoms with Crippen LogP contribution in [0.4, 0.5) is 5.13 Å². The lowest BCUT2D eigenvalue weighted by atomic mass is 10.2. The summed E-state index contributed by atoms with van der Waals surface area (Å²) in [6.45, 7) is 1.76. The molecule has 1 aromatic carbocycles. The molecule has 0 bridgehead atoms. The fourth-order valence-corrected chi connectivity index (χ4v) is 3.45. The van der Waals surface area contributed by atoms with Crippen molar-refractivity contribution in [3.63, 3.8) is 0 Å². The normalized spacial score (nSPS) is 10.7. The van der Waals surface area contributed by atoms with Gasteiger partial charge in [-0.1, -0.05) is 12.1 Å². The molecule has 9 heteroatoms. The molecule has 2 N–H and O–H groups in total. The number of hydrogen-bond donors (Lipinski definition) is 2. The van der Waals surface area contributed by atoms with Gasteiger partial charge in [0.1, 0.15) is 11.4 Å². The zero-order chi connectivity index (χ0) is 20.4. The quantitative estimate of drug-likeness (QED) is 0.524. The molecule has 1 amide bonds. The molecule has 3 heterocycles. The summed E-state index contributed by atoms with van der Waals surface area (Å²) < 4.78 is 1.42. The van der Waals surface area contributed by atoms with Crippen molar-refractivity contribution in [3.05, 3.63) is 77.1 Å². The van der Waals surface area contributed by atoms with E-state index in [0.29, 0.717) is 22.2 Å². The van der Waals surface area contributed by atoms with Crippen molar-refractivity contribution in [1.29, 1.82) is 0 Å². The Kier molecular flexibility index (Phi) is 4.88. The summed E-state index contributed by atoms with van der Waals surface area (Å²) in [6, 6.07) is 13.4. The number of anilines is 1. The van der Waals surface area contributed by atoms with Gasteiger partial charge in [0, 0.05) is 11.6 Å². The number of aromatic nitrogens is 4. The minimum Gasteiger partial charge on any atom is -0.478 e. The van der Waals surface area contributed by atoms with Crippen molar-refractivity contribution in [2.75, 3.05) is 5.32 Å². The molecule has 29 heavy (non-hydrogen) atoms. The van der Waals surface area contributed by atoms with Gasteiger partial charge in [-0.25, -0.2) is 14.5 Å². The van der Waals surface area contributed by atoms with Crippen molar-refractivity contribution in [3.8, 4) is 17.1 Å². The fraction of sp³-hybridized carbons (Fsp3) is 0.0500. The van der Waals surface area contributed by atoms with Gasteiger partial charge in [-0.3, -0.25) is 15.1 Å². The van der Waals surface area contributed by atoms with Crippen LogP contribution in [0.2, 0.25) is 0 Å². The SMILES string of the molecule is Cc1cc(C(=O)Nc2nc(-c3ccccn3)cs2)n(-c2cccc(C(=O)O)c2)n1. The van der Waals surface area contributed by atoms with E-state index in [-0.39, 0.29) is 11.3 Å². The third-order valence-corrected chi connectivity index (χ3v) is 4.81. The molecule has 0 aliphatic rings. The Morgan fingerprint density at radius 1 is 1.10 bits per heavy atom. The van der Waals surface area contributed by atoms with Gasteiger partial charge in [-0.2, -0.15) is 5.10 Å². The van der Waals surface area contributed by atoms with Gasteiger partial charge in [0.25, 0.3) is 5.91 Å². The Bertz CT molecular complexity index is 1200. The molecular weight excluding hydrogens is 390 g/mol. The van der Waals surface area contributed by atoms with Gasteiger partial charge in [0.15, 0.2) is 5.13 Å². The summed E-state index contributed by atoms with van der Waals surface area (Å²) in [7, 11) is 0. The van der Waals surface area contributed by atoms with Gasteiger partial charge in [-0.15, -0.1) is 11.3 Å². The number of amides is 1. The number of aryl methyl sites for hydroxylation is 1. The lowest BCUT2D eigenvalue weighted by molar-refractivity contribution is 0.0696. The van der Waals surface area contributed by atoms with Crippen LogP contribution < -0.4 is 5.32 Å². The van der Waals surface area contributed by atoms with E-state index in [1.165, 1.54) is 28.2 Å². The van der Waals surface area contributed by atoms with Gasteiger partial charge >= 0.3 is 5.97 Å². The average molecular weight is 405 g/mol. The van der Waals surface area contributed by atoms with E-state index in [1.807, 2.05) is 23.6 Å². The van der Waals surface area contributed by atoms with Crippen LogP contribution in [-0.4, -0.2) is 36.7 Å². The highest BCUT2D eigenvalue weighted by molar-refractivity contribution is 7.14. The minimum absolute atomic E-state index is 0.113. The first-order valence-electron chi connectivity index (χ1n) is 8.60. The maximum atomic E-state index is 12.8. The monoisotopic (exact) mass is 405 g/mol. The highest BCUT2D eigenvalue weighted by Gasteiger charge is 2.18. The predicted molar refractivity (Wildman–Crippen MR) is 109 cm³/mol. The molecule has 3 aromatic heterocycles. The lowest BCUT2D eigenvalue weighted by Crippen LogP contribution is -2.17. The third kappa shape index (κ3) is 3.90. The molecule has 144 valence electrons. The Hall–Kier alpha value is -3.85. The Labute approximate surface area is 169 Å². The van der Waals surface area contributed by atoms with Gasteiger partial charge < -0.3 is 5.11 Å². The van der Waals surface area contributed by atoms with E-state index in [0.717, 1.165) is 5.69 Å². The lowest BCUT2D eigenvalue weighted by Gasteiger charge is -2.08. The summed E-state index contributed by atoms with van der Waals surface area (Å²) in [5.41, 5.74) is 2.89. The fourth-order valence-electron chi connectivity index (χ4n) is 2.75. The van der Waals surface area contributed by atoms with Crippen LogP contribution >= 0.6 is 11.3 Å². The number of carboxylic acid groups (broad SMARTS) is 1. The molecule has 0 saturated carbocycles. The van der Waals surface area contributed by atoms with Crippen LogP contribution in [0.1, 0.15) is 26.5 Å². The second-order valence-corrected chi connectivity index (χ2v) is 7.00. The van der Waals surface area contributed by atoms with Crippen LogP contribution in [0.25, 0.3) is 17.1 Å². The number of benzene rings is 1. The highest BCUT2D eigenvalue weighted by Crippen LogP contribution is 2.24. The molecule has 0 unspecified atom stereocenters. The van der Waals surface area contributed by atoms with Crippen LogP contribution in [0.5, 0.6) is 0 Å². The second-order valence-electron chi connectivity index (χ2n) is 6.15. The predicted octanol–water partition coefficient (Wildman–Crippen LogP) is 3.65. The number of carbonyl (C=O) groups excluding carboxylic acids is 1. The van der Waals surface area contributed by atoms with E-state index >= 15 is 0 Å². The first kappa shape index (κ1) is 18.5. The number of nitrogens with zero attached hydrogens (tertiary/aromatic N) is 4. The summed E-state index contributed by atoms with van der Waals surface area (Å²) in [6.07, 6.45) is 1.68. The van der Waals surface area contributed by atoms with Crippen molar-refractivity contribution < 1.29 is 14.7 Å². The molecule has 0 fully saturated rings. The van der Waals surface area contributed by atoms with Crippen molar-refractivity contribution in [1.82, 2.24) is 19.7 Å². The van der Waals surface area contributed by atoms with E-state index in [4.69, 9.17) is 0 Å². The number of thiazole rings is 1.